The van der Waals surface area contributed by atoms with E-state index < -0.39 is 5.97 Å². The summed E-state index contributed by atoms with van der Waals surface area (Å²) in [6.45, 7) is 4.22. The lowest BCUT2D eigenvalue weighted by molar-refractivity contribution is 0.0527. The Morgan fingerprint density at radius 1 is 1.56 bits per heavy atom. The molecule has 1 unspecified atom stereocenters. The van der Waals surface area contributed by atoms with Crippen molar-refractivity contribution < 1.29 is 14.6 Å². The zero-order valence-corrected chi connectivity index (χ0v) is 11.5. The van der Waals surface area contributed by atoms with Crippen molar-refractivity contribution in [2.75, 3.05) is 24.7 Å². The summed E-state index contributed by atoms with van der Waals surface area (Å²) in [4.78, 5) is 12.6. The van der Waals surface area contributed by atoms with E-state index in [-0.39, 0.29) is 12.5 Å². The third kappa shape index (κ3) is 4.23. The fourth-order valence-electron chi connectivity index (χ4n) is 1.30. The van der Waals surface area contributed by atoms with E-state index in [0.717, 1.165) is 10.6 Å². The molecular weight excluding hydrogens is 250 g/mol. The minimum absolute atomic E-state index is 0.159. The topological polar surface area (TPSA) is 72.5 Å². The second kappa shape index (κ2) is 7.28. The predicted molar refractivity (Wildman–Crippen MR) is 73.8 cm³/mol. The molecule has 0 aliphatic rings. The van der Waals surface area contributed by atoms with Gasteiger partial charge in [0.15, 0.2) is 0 Å². The Balaban J connectivity index is 2.77. The van der Waals surface area contributed by atoms with Gasteiger partial charge < -0.3 is 15.6 Å². The first kappa shape index (κ1) is 14.9. The van der Waals surface area contributed by atoms with Gasteiger partial charge in [0.25, 0.3) is 0 Å². The van der Waals surface area contributed by atoms with Crippen LogP contribution in [0.15, 0.2) is 23.1 Å². The molecule has 0 bridgehead atoms. The maximum absolute atomic E-state index is 11.7. The summed E-state index contributed by atoms with van der Waals surface area (Å²) in [7, 11) is 0. The molecule has 0 radical (unpaired) electrons. The number of nitrogen functional groups attached to an aromatic ring is 1. The van der Waals surface area contributed by atoms with Gasteiger partial charge in [-0.1, -0.05) is 6.92 Å². The number of nitrogens with two attached hydrogens (primary N) is 1. The van der Waals surface area contributed by atoms with E-state index in [1.54, 1.807) is 30.8 Å². The highest BCUT2D eigenvalue weighted by Crippen LogP contribution is 2.25. The van der Waals surface area contributed by atoms with Gasteiger partial charge in [0, 0.05) is 22.9 Å². The Kier molecular flexibility index (Phi) is 6.01. The Bertz CT molecular complexity index is 409. The first-order valence-electron chi connectivity index (χ1n) is 5.88. The number of anilines is 1. The summed E-state index contributed by atoms with van der Waals surface area (Å²) in [5.41, 5.74) is 6.58. The molecule has 1 aromatic rings. The third-order valence-electron chi connectivity index (χ3n) is 2.37. The number of carbonyl (C=O) groups excluding carboxylic acids is 1. The van der Waals surface area contributed by atoms with E-state index in [4.69, 9.17) is 15.6 Å². The lowest BCUT2D eigenvalue weighted by Crippen LogP contribution is -2.08. The van der Waals surface area contributed by atoms with Gasteiger partial charge in [-0.15, -0.1) is 11.8 Å². The number of aliphatic hydroxyl groups excluding tert-OH is 1. The number of thioether (sulfide) groups is 1. The minimum Gasteiger partial charge on any atom is -0.462 e. The van der Waals surface area contributed by atoms with Gasteiger partial charge in [-0.05, 0) is 31.0 Å². The number of aliphatic hydroxyl groups is 1. The first-order valence-corrected chi connectivity index (χ1v) is 6.87. The number of hydrogen-bond donors (Lipinski definition) is 2. The highest BCUT2D eigenvalue weighted by atomic mass is 32.2. The molecule has 0 saturated carbocycles. The normalized spacial score (nSPS) is 12.2. The highest BCUT2D eigenvalue weighted by Gasteiger charge is 2.12. The van der Waals surface area contributed by atoms with E-state index in [9.17, 15) is 4.79 Å². The smallest absolute Gasteiger partial charge is 0.340 e. The van der Waals surface area contributed by atoms with Crippen LogP contribution in [-0.4, -0.2) is 30.0 Å². The molecule has 0 aliphatic carbocycles. The Labute approximate surface area is 112 Å². The van der Waals surface area contributed by atoms with E-state index in [2.05, 4.69) is 0 Å². The van der Waals surface area contributed by atoms with Crippen LogP contribution in [0.3, 0.4) is 0 Å². The number of benzene rings is 1. The van der Waals surface area contributed by atoms with Gasteiger partial charge in [-0.25, -0.2) is 4.79 Å². The molecule has 18 heavy (non-hydrogen) atoms. The van der Waals surface area contributed by atoms with Crippen molar-refractivity contribution in [1.82, 2.24) is 0 Å². The summed E-state index contributed by atoms with van der Waals surface area (Å²) in [5, 5.41) is 8.96. The molecule has 0 spiro atoms. The monoisotopic (exact) mass is 269 g/mol. The van der Waals surface area contributed by atoms with Crippen LogP contribution in [0.2, 0.25) is 0 Å². The largest absolute Gasteiger partial charge is 0.462 e. The van der Waals surface area contributed by atoms with Gasteiger partial charge in [-0.2, -0.15) is 0 Å². The molecule has 1 rings (SSSR count). The fraction of sp³-hybridized carbons (Fsp3) is 0.462. The Morgan fingerprint density at radius 2 is 2.28 bits per heavy atom. The van der Waals surface area contributed by atoms with Crippen molar-refractivity contribution >= 4 is 23.4 Å². The molecule has 0 heterocycles. The van der Waals surface area contributed by atoms with Gasteiger partial charge in [-0.3, -0.25) is 0 Å². The third-order valence-corrected chi connectivity index (χ3v) is 3.69. The Hall–Kier alpha value is -1.20. The van der Waals surface area contributed by atoms with Crippen LogP contribution in [0.25, 0.3) is 0 Å². The van der Waals surface area contributed by atoms with Crippen LogP contribution in [-0.2, 0) is 4.74 Å². The molecule has 0 aromatic heterocycles. The number of ether oxygens (including phenoxy) is 1. The molecule has 3 N–H and O–H groups in total. The van der Waals surface area contributed by atoms with Crippen LogP contribution in [0.1, 0.15) is 24.2 Å². The fourth-order valence-corrected chi connectivity index (χ4v) is 2.25. The van der Waals surface area contributed by atoms with Gasteiger partial charge >= 0.3 is 5.97 Å². The zero-order valence-electron chi connectivity index (χ0n) is 10.7. The van der Waals surface area contributed by atoms with E-state index in [1.807, 2.05) is 13.0 Å². The average molecular weight is 269 g/mol. The minimum atomic E-state index is -0.396. The summed E-state index contributed by atoms with van der Waals surface area (Å²) in [6.07, 6.45) is 0. The highest BCUT2D eigenvalue weighted by molar-refractivity contribution is 7.99. The maximum atomic E-state index is 11.7. The number of carbonyl (C=O) groups is 1. The second-order valence-corrected chi connectivity index (χ2v) is 5.16. The van der Waals surface area contributed by atoms with Crippen molar-refractivity contribution in [3.8, 4) is 0 Å². The lowest BCUT2D eigenvalue weighted by atomic mass is 10.2. The molecule has 1 atom stereocenters. The molecule has 0 saturated heterocycles. The molecule has 0 fully saturated rings. The molecule has 5 heteroatoms. The van der Waals surface area contributed by atoms with Crippen LogP contribution < -0.4 is 5.73 Å². The van der Waals surface area contributed by atoms with E-state index in [0.29, 0.717) is 17.9 Å². The lowest BCUT2D eigenvalue weighted by Gasteiger charge is -2.10. The summed E-state index contributed by atoms with van der Waals surface area (Å²) >= 11 is 1.59. The van der Waals surface area contributed by atoms with Crippen molar-refractivity contribution in [3.05, 3.63) is 23.8 Å². The molecule has 1 aromatic carbocycles. The zero-order chi connectivity index (χ0) is 13.5. The number of hydrogen-bond acceptors (Lipinski definition) is 5. The number of esters is 1. The number of rotatable bonds is 6. The SMILES string of the molecule is CCOC(=O)c1cc(SCC(C)CO)ccc1N. The summed E-state index contributed by atoms with van der Waals surface area (Å²) in [5.74, 6) is 0.620. The van der Waals surface area contributed by atoms with Crippen molar-refractivity contribution in [3.63, 3.8) is 0 Å². The average Bonchev–Trinajstić information content (AvgIpc) is 2.37. The maximum Gasteiger partial charge on any atom is 0.340 e. The molecular formula is C13H19NO3S. The van der Waals surface area contributed by atoms with Crippen molar-refractivity contribution in [1.29, 1.82) is 0 Å². The predicted octanol–water partition coefficient (Wildman–Crippen LogP) is 2.17. The Morgan fingerprint density at radius 3 is 2.89 bits per heavy atom. The van der Waals surface area contributed by atoms with Crippen LogP contribution in [0.4, 0.5) is 5.69 Å². The van der Waals surface area contributed by atoms with E-state index in [1.165, 1.54) is 0 Å². The standard InChI is InChI=1S/C13H19NO3S/c1-3-17-13(16)11-6-10(4-5-12(11)14)18-8-9(2)7-15/h4-6,9,15H,3,7-8,14H2,1-2H3. The van der Waals surface area contributed by atoms with Crippen molar-refractivity contribution in [2.24, 2.45) is 5.92 Å². The van der Waals surface area contributed by atoms with Crippen LogP contribution >= 0.6 is 11.8 Å². The van der Waals surface area contributed by atoms with Gasteiger partial charge in [0.2, 0.25) is 0 Å². The van der Waals surface area contributed by atoms with Crippen molar-refractivity contribution in [2.45, 2.75) is 18.7 Å². The molecule has 4 nitrogen and oxygen atoms in total. The van der Waals surface area contributed by atoms with Crippen LogP contribution in [0, 0.1) is 5.92 Å². The summed E-state index contributed by atoms with van der Waals surface area (Å²) < 4.78 is 4.94. The molecule has 0 amide bonds. The van der Waals surface area contributed by atoms with E-state index >= 15 is 0 Å². The first-order chi connectivity index (χ1) is 8.58. The molecule has 0 aliphatic heterocycles. The molecule has 100 valence electrons. The quantitative estimate of drug-likeness (QED) is 0.470. The van der Waals surface area contributed by atoms with Gasteiger partial charge in [0.1, 0.15) is 0 Å². The summed E-state index contributed by atoms with van der Waals surface area (Å²) in [6, 6.07) is 5.31. The van der Waals surface area contributed by atoms with Gasteiger partial charge in [0.05, 0.1) is 12.2 Å². The van der Waals surface area contributed by atoms with Crippen LogP contribution in [0.5, 0.6) is 0 Å². The second-order valence-electron chi connectivity index (χ2n) is 4.07.